The van der Waals surface area contributed by atoms with Crippen LogP contribution in [0.15, 0.2) is 23.9 Å². The smallest absolute Gasteiger partial charge is 0.309 e. The molecule has 2 heterocycles. The zero-order valence-corrected chi connectivity index (χ0v) is 22.3. The van der Waals surface area contributed by atoms with Gasteiger partial charge in [0.25, 0.3) is 0 Å². The summed E-state index contributed by atoms with van der Waals surface area (Å²) in [6.45, 7) is 8.80. The molecule has 1 aromatic rings. The second kappa shape index (κ2) is 12.0. The molecule has 1 unspecified atom stereocenters. The van der Waals surface area contributed by atoms with Crippen molar-refractivity contribution >= 4 is 17.8 Å². The molecule has 2 aliphatic rings. The van der Waals surface area contributed by atoms with E-state index in [1.165, 1.54) is 0 Å². The molecule has 0 aromatic carbocycles. The number of ketones is 1. The van der Waals surface area contributed by atoms with E-state index in [1.807, 2.05) is 32.1 Å². The van der Waals surface area contributed by atoms with Gasteiger partial charge >= 0.3 is 5.97 Å². The minimum atomic E-state index is -1.22. The maximum Gasteiger partial charge on any atom is 0.309 e. The minimum Gasteiger partial charge on any atom is -0.458 e. The fraction of sp³-hybridized carbons (Fsp3) is 0.690. The predicted molar refractivity (Wildman–Crippen MR) is 138 cm³/mol. The van der Waals surface area contributed by atoms with Crippen LogP contribution in [-0.2, 0) is 20.9 Å². The maximum atomic E-state index is 13.2. The van der Waals surface area contributed by atoms with Crippen LogP contribution >= 0.6 is 0 Å². The summed E-state index contributed by atoms with van der Waals surface area (Å²) in [6, 6.07) is 3.63. The van der Waals surface area contributed by atoms with Gasteiger partial charge in [0.2, 0.25) is 0 Å². The number of esters is 1. The normalized spacial score (nSPS) is 34.6. The molecule has 1 saturated carbocycles. The fourth-order valence-corrected chi connectivity index (χ4v) is 5.39. The summed E-state index contributed by atoms with van der Waals surface area (Å²) in [5.74, 6) is -0.413. The number of fused-ring (bicyclic) bond motifs is 1. The molecule has 0 amide bonds. The molecule has 7 heteroatoms. The van der Waals surface area contributed by atoms with Crippen molar-refractivity contribution in [3.63, 3.8) is 0 Å². The van der Waals surface area contributed by atoms with Gasteiger partial charge in [-0.1, -0.05) is 46.6 Å². The molecule has 1 aliphatic carbocycles. The van der Waals surface area contributed by atoms with Crippen molar-refractivity contribution in [1.82, 2.24) is 4.98 Å². The Kier molecular flexibility index (Phi) is 9.47. The topological polar surface area (TPSA) is 117 Å². The average molecular weight is 502 g/mol. The molecule has 7 nitrogen and oxygen atoms in total. The number of pyridine rings is 1. The zero-order chi connectivity index (χ0) is 26.6. The monoisotopic (exact) mass is 501 g/mol. The maximum absolute atomic E-state index is 13.2. The third-order valence-corrected chi connectivity index (χ3v) is 8.34. The van der Waals surface area contributed by atoms with Gasteiger partial charge in [0.15, 0.2) is 0 Å². The molecular formula is C29H43NO6. The van der Waals surface area contributed by atoms with E-state index in [-0.39, 0.29) is 24.7 Å². The molecule has 2 fully saturated rings. The number of carbonyl (C=O) groups is 2. The Morgan fingerprint density at radius 3 is 2.50 bits per heavy atom. The molecule has 0 bridgehead atoms. The highest BCUT2D eigenvalue weighted by atomic mass is 16.5. The van der Waals surface area contributed by atoms with Gasteiger partial charge in [-0.3, -0.25) is 14.6 Å². The Morgan fingerprint density at radius 2 is 1.86 bits per heavy atom. The Labute approximate surface area is 215 Å². The third-order valence-electron chi connectivity index (χ3n) is 8.34. The molecule has 3 rings (SSSR count). The van der Waals surface area contributed by atoms with Gasteiger partial charge in [0, 0.05) is 12.1 Å². The number of hydrogen-bond acceptors (Lipinski definition) is 7. The molecule has 200 valence electrons. The van der Waals surface area contributed by atoms with E-state index >= 15 is 0 Å². The lowest BCUT2D eigenvalue weighted by Crippen LogP contribution is -2.45. The van der Waals surface area contributed by atoms with Crippen molar-refractivity contribution in [2.45, 2.75) is 98.1 Å². The van der Waals surface area contributed by atoms with Gasteiger partial charge in [-0.2, -0.15) is 0 Å². The van der Waals surface area contributed by atoms with E-state index in [4.69, 9.17) is 4.74 Å². The standard InChI is InChI=1S/C29H43NO6/c1-17-7-6-8-21-12-22(21)13-24(18(2)11-23-10-9-20(16-31)15-30-23)36-26(33)14-25(32)29(4,5)28(35)19(3)27(17)34/h9-11,15,17,19,21-22,24-25,27,31-32,34H,6-8,12-14,16H2,1-5H3/b18-11+/t17-,19+,21+,22-,24-,25-,27?/m0/s1. The highest BCUT2D eigenvalue weighted by Gasteiger charge is 2.43. The minimum absolute atomic E-state index is 0.0189. The Balaban J connectivity index is 1.82. The summed E-state index contributed by atoms with van der Waals surface area (Å²) in [5, 5.41) is 30.9. The SMILES string of the molecule is C/C(=C\c1ccc(CO)cn1)[C@@H]1C[C@@H]2C[C@H]2CCC[C@H](C)C(O)[C@@H](C)C(=O)C(C)(C)[C@@H](O)CC(=O)O1. The van der Waals surface area contributed by atoms with Crippen molar-refractivity contribution in [1.29, 1.82) is 0 Å². The van der Waals surface area contributed by atoms with Crippen molar-refractivity contribution in [2.75, 3.05) is 0 Å². The number of nitrogens with zero attached hydrogens (tertiary/aromatic N) is 1. The van der Waals surface area contributed by atoms with Crippen LogP contribution in [-0.4, -0.2) is 50.4 Å². The molecule has 3 N–H and O–H groups in total. The first-order valence-corrected chi connectivity index (χ1v) is 13.3. The van der Waals surface area contributed by atoms with Gasteiger partial charge in [-0.15, -0.1) is 0 Å². The number of rotatable bonds is 3. The van der Waals surface area contributed by atoms with E-state index in [0.717, 1.165) is 36.8 Å². The quantitative estimate of drug-likeness (QED) is 0.534. The summed E-state index contributed by atoms with van der Waals surface area (Å²) >= 11 is 0. The van der Waals surface area contributed by atoms with Crippen LogP contribution in [0.25, 0.3) is 6.08 Å². The average Bonchev–Trinajstić information content (AvgIpc) is 3.59. The van der Waals surface area contributed by atoms with E-state index in [1.54, 1.807) is 27.0 Å². The van der Waals surface area contributed by atoms with Crippen LogP contribution in [0.3, 0.4) is 0 Å². The summed E-state index contributed by atoms with van der Waals surface area (Å²) < 4.78 is 5.90. The van der Waals surface area contributed by atoms with Crippen LogP contribution in [0.5, 0.6) is 0 Å². The first-order chi connectivity index (χ1) is 16.9. The fourth-order valence-electron chi connectivity index (χ4n) is 5.39. The summed E-state index contributed by atoms with van der Waals surface area (Å²) in [7, 11) is 0. The number of aliphatic hydroxyl groups excluding tert-OH is 3. The van der Waals surface area contributed by atoms with Gasteiger partial charge in [0.05, 0.1) is 36.3 Å². The van der Waals surface area contributed by atoms with Gasteiger partial charge < -0.3 is 20.1 Å². The zero-order valence-electron chi connectivity index (χ0n) is 22.3. The number of carbonyl (C=O) groups excluding carboxylic acids is 2. The molecule has 0 radical (unpaired) electrons. The van der Waals surface area contributed by atoms with E-state index in [2.05, 4.69) is 4.98 Å². The van der Waals surface area contributed by atoms with Crippen molar-refractivity contribution in [3.05, 3.63) is 35.2 Å². The van der Waals surface area contributed by atoms with Crippen molar-refractivity contribution < 1.29 is 29.6 Å². The molecule has 1 aliphatic heterocycles. The number of ether oxygens (including phenoxy) is 1. The second-order valence-electron chi connectivity index (χ2n) is 11.6. The van der Waals surface area contributed by atoms with Gasteiger partial charge in [-0.25, -0.2) is 0 Å². The van der Waals surface area contributed by atoms with Crippen molar-refractivity contribution in [2.24, 2.45) is 29.1 Å². The summed E-state index contributed by atoms with van der Waals surface area (Å²) in [4.78, 5) is 30.5. The molecular weight excluding hydrogens is 458 g/mol. The number of cyclic esters (lactones) is 1. The van der Waals surface area contributed by atoms with Gasteiger partial charge in [-0.05, 0) is 67.2 Å². The molecule has 7 atom stereocenters. The second-order valence-corrected chi connectivity index (χ2v) is 11.6. The predicted octanol–water partition coefficient (Wildman–Crippen LogP) is 4.08. The number of aromatic nitrogens is 1. The molecule has 36 heavy (non-hydrogen) atoms. The van der Waals surface area contributed by atoms with Crippen LogP contribution < -0.4 is 0 Å². The van der Waals surface area contributed by atoms with Gasteiger partial charge in [0.1, 0.15) is 11.9 Å². The first kappa shape index (κ1) is 28.5. The summed E-state index contributed by atoms with van der Waals surface area (Å²) in [5.41, 5.74) is 1.11. The molecule has 0 spiro atoms. The Bertz CT molecular complexity index is 940. The highest BCUT2D eigenvalue weighted by molar-refractivity contribution is 5.88. The van der Waals surface area contributed by atoms with E-state index in [0.29, 0.717) is 24.0 Å². The largest absolute Gasteiger partial charge is 0.458 e. The van der Waals surface area contributed by atoms with Crippen LogP contribution in [0.1, 0.15) is 84.4 Å². The first-order valence-electron chi connectivity index (χ1n) is 13.3. The Morgan fingerprint density at radius 1 is 1.14 bits per heavy atom. The lowest BCUT2D eigenvalue weighted by Gasteiger charge is -2.34. The highest BCUT2D eigenvalue weighted by Crippen LogP contribution is 2.47. The Hall–Kier alpha value is -2.09. The number of hydrogen-bond donors (Lipinski definition) is 3. The van der Waals surface area contributed by atoms with Crippen LogP contribution in [0, 0.1) is 29.1 Å². The van der Waals surface area contributed by atoms with Crippen LogP contribution in [0.2, 0.25) is 0 Å². The van der Waals surface area contributed by atoms with Crippen LogP contribution in [0.4, 0.5) is 0 Å². The lowest BCUT2D eigenvalue weighted by molar-refractivity contribution is -0.154. The lowest BCUT2D eigenvalue weighted by atomic mass is 9.73. The van der Waals surface area contributed by atoms with E-state index < -0.39 is 35.6 Å². The number of Topliss-reactive ketones (excluding diaryl/α,β-unsaturated/α-hetero) is 1. The van der Waals surface area contributed by atoms with E-state index in [9.17, 15) is 24.9 Å². The third kappa shape index (κ3) is 7.02. The summed E-state index contributed by atoms with van der Waals surface area (Å²) in [6.07, 6.45) is 5.46. The molecule has 1 aromatic heterocycles. The molecule has 1 saturated heterocycles. The van der Waals surface area contributed by atoms with Crippen molar-refractivity contribution in [3.8, 4) is 0 Å². The number of aliphatic hydroxyl groups is 3.